The number of esters is 1. The molecule has 0 aliphatic heterocycles. The summed E-state index contributed by atoms with van der Waals surface area (Å²) in [5, 5.41) is 8.98. The molecule has 0 aliphatic rings. The molecule has 0 amide bonds. The van der Waals surface area contributed by atoms with Crippen LogP contribution in [0.1, 0.15) is 29.2 Å². The fourth-order valence-electron chi connectivity index (χ4n) is 1.64. The van der Waals surface area contributed by atoms with Gasteiger partial charge in [-0.2, -0.15) is 5.26 Å². The predicted octanol–water partition coefficient (Wildman–Crippen LogP) is 1.43. The number of rotatable bonds is 4. The van der Waals surface area contributed by atoms with Crippen molar-refractivity contribution in [3.63, 3.8) is 0 Å². The van der Waals surface area contributed by atoms with Crippen LogP contribution in [-0.4, -0.2) is 12.6 Å². The molecule has 4 nitrogen and oxygen atoms in total. The Morgan fingerprint density at radius 2 is 2.18 bits per heavy atom. The highest BCUT2D eigenvalue weighted by molar-refractivity contribution is 5.73. The number of nitrogens with two attached hydrogens (primary N) is 1. The highest BCUT2D eigenvalue weighted by Gasteiger charge is 2.10. The number of carbonyl (C=O) groups is 1. The molecule has 17 heavy (non-hydrogen) atoms. The fourth-order valence-corrected chi connectivity index (χ4v) is 1.64. The number of carbonyl (C=O) groups excluding carboxylic acids is 1. The molecule has 0 spiro atoms. The van der Waals surface area contributed by atoms with Crippen molar-refractivity contribution in [2.24, 2.45) is 5.73 Å². The Morgan fingerprint density at radius 3 is 2.71 bits per heavy atom. The number of nitrogens with zero attached hydrogens (tertiary/aromatic N) is 1. The summed E-state index contributed by atoms with van der Waals surface area (Å²) in [6.45, 7) is 4.35. The van der Waals surface area contributed by atoms with Crippen LogP contribution >= 0.6 is 0 Å². The van der Waals surface area contributed by atoms with E-state index in [4.69, 9.17) is 15.7 Å². The summed E-state index contributed by atoms with van der Waals surface area (Å²) in [6.07, 6.45) is 0.194. The van der Waals surface area contributed by atoms with Crippen LogP contribution in [0.4, 0.5) is 0 Å². The Morgan fingerprint density at radius 1 is 1.47 bits per heavy atom. The highest BCUT2D eigenvalue weighted by atomic mass is 16.5. The summed E-state index contributed by atoms with van der Waals surface area (Å²) < 4.78 is 4.88. The maximum absolute atomic E-state index is 11.4. The number of aryl methyl sites for hydroxylation is 1. The summed E-state index contributed by atoms with van der Waals surface area (Å²) in [5.41, 5.74) is 8.65. The number of ether oxygens (including phenoxy) is 1. The first kappa shape index (κ1) is 13.2. The molecule has 2 N–H and O–H groups in total. The molecule has 1 rings (SSSR count). The van der Waals surface area contributed by atoms with Gasteiger partial charge in [-0.15, -0.1) is 0 Å². The second-order valence-electron chi connectivity index (χ2n) is 3.73. The lowest BCUT2D eigenvalue weighted by atomic mass is 9.98. The van der Waals surface area contributed by atoms with Gasteiger partial charge in [-0.1, -0.05) is 6.07 Å². The molecule has 0 aromatic heterocycles. The van der Waals surface area contributed by atoms with E-state index in [9.17, 15) is 4.79 Å². The van der Waals surface area contributed by atoms with Crippen LogP contribution in [0.2, 0.25) is 0 Å². The molecule has 0 atom stereocenters. The Hall–Kier alpha value is -1.86. The van der Waals surface area contributed by atoms with Crippen LogP contribution in [0.25, 0.3) is 0 Å². The zero-order chi connectivity index (χ0) is 12.8. The van der Waals surface area contributed by atoms with E-state index < -0.39 is 0 Å². The van der Waals surface area contributed by atoms with E-state index in [-0.39, 0.29) is 12.4 Å². The molecule has 0 fully saturated rings. The minimum atomic E-state index is -0.278. The molecule has 4 heteroatoms. The second kappa shape index (κ2) is 6.02. The van der Waals surface area contributed by atoms with Gasteiger partial charge < -0.3 is 10.5 Å². The van der Waals surface area contributed by atoms with Gasteiger partial charge in [-0.05, 0) is 36.6 Å². The van der Waals surface area contributed by atoms with Crippen LogP contribution in [0.15, 0.2) is 12.1 Å². The van der Waals surface area contributed by atoms with Gasteiger partial charge in [0.1, 0.15) is 0 Å². The minimum Gasteiger partial charge on any atom is -0.466 e. The zero-order valence-corrected chi connectivity index (χ0v) is 10.1. The molecule has 0 saturated carbocycles. The van der Waals surface area contributed by atoms with Crippen molar-refractivity contribution in [3.8, 4) is 6.07 Å². The third kappa shape index (κ3) is 3.30. The van der Waals surface area contributed by atoms with Gasteiger partial charge in [0.05, 0.1) is 24.7 Å². The Labute approximate surface area is 101 Å². The first-order valence-corrected chi connectivity index (χ1v) is 5.50. The zero-order valence-electron chi connectivity index (χ0n) is 10.1. The lowest BCUT2D eigenvalue weighted by molar-refractivity contribution is -0.142. The van der Waals surface area contributed by atoms with Crippen molar-refractivity contribution < 1.29 is 9.53 Å². The standard InChI is InChI=1S/C13H16N2O2/c1-3-17-13(16)6-10-5-12(8-15)11(7-14)4-9(10)2/h4-5H,3,6-7,14H2,1-2H3. The average molecular weight is 232 g/mol. The van der Waals surface area contributed by atoms with Gasteiger partial charge in [0, 0.05) is 6.54 Å². The number of hydrogen-bond donors (Lipinski definition) is 1. The normalized spacial score (nSPS) is 9.76. The monoisotopic (exact) mass is 232 g/mol. The van der Waals surface area contributed by atoms with Gasteiger partial charge in [0.2, 0.25) is 0 Å². The topological polar surface area (TPSA) is 76.1 Å². The highest BCUT2D eigenvalue weighted by Crippen LogP contribution is 2.17. The third-order valence-electron chi connectivity index (χ3n) is 2.54. The van der Waals surface area contributed by atoms with Crippen LogP contribution in [0.3, 0.4) is 0 Å². The minimum absolute atomic E-state index is 0.194. The maximum Gasteiger partial charge on any atom is 0.310 e. The Balaban J connectivity index is 3.01. The van der Waals surface area contributed by atoms with E-state index in [2.05, 4.69) is 6.07 Å². The lowest BCUT2D eigenvalue weighted by Crippen LogP contribution is -2.10. The Kier molecular flexibility index (Phi) is 4.68. The van der Waals surface area contributed by atoms with Gasteiger partial charge in [0.15, 0.2) is 0 Å². The number of hydrogen-bond acceptors (Lipinski definition) is 4. The molecule has 0 unspecified atom stereocenters. The molecule has 0 saturated heterocycles. The van der Waals surface area contributed by atoms with Crippen molar-refractivity contribution in [1.82, 2.24) is 0 Å². The summed E-state index contributed by atoms with van der Waals surface area (Å²) in [4.78, 5) is 11.4. The second-order valence-corrected chi connectivity index (χ2v) is 3.73. The quantitative estimate of drug-likeness (QED) is 0.797. The van der Waals surface area contributed by atoms with E-state index >= 15 is 0 Å². The van der Waals surface area contributed by atoms with Crippen molar-refractivity contribution in [3.05, 3.63) is 34.4 Å². The van der Waals surface area contributed by atoms with Gasteiger partial charge >= 0.3 is 5.97 Å². The Bertz CT molecular complexity index is 461. The SMILES string of the molecule is CCOC(=O)Cc1cc(C#N)c(CN)cc1C. The first-order valence-electron chi connectivity index (χ1n) is 5.50. The van der Waals surface area contributed by atoms with E-state index in [1.807, 2.05) is 13.0 Å². The molecule has 1 aromatic carbocycles. The molecule has 0 heterocycles. The molecule has 1 aromatic rings. The van der Waals surface area contributed by atoms with Gasteiger partial charge in [-0.25, -0.2) is 0 Å². The summed E-state index contributed by atoms with van der Waals surface area (Å²) in [7, 11) is 0. The molecule has 0 radical (unpaired) electrons. The lowest BCUT2D eigenvalue weighted by Gasteiger charge is -2.09. The van der Waals surface area contributed by atoms with Crippen molar-refractivity contribution in [2.45, 2.75) is 26.8 Å². The number of benzene rings is 1. The van der Waals surface area contributed by atoms with Crippen LogP contribution in [0.5, 0.6) is 0 Å². The summed E-state index contributed by atoms with van der Waals surface area (Å²) >= 11 is 0. The van der Waals surface area contributed by atoms with Crippen LogP contribution < -0.4 is 5.73 Å². The number of nitriles is 1. The molecule has 0 bridgehead atoms. The third-order valence-corrected chi connectivity index (χ3v) is 2.54. The van der Waals surface area contributed by atoms with Crippen molar-refractivity contribution >= 4 is 5.97 Å². The van der Waals surface area contributed by atoms with Crippen LogP contribution in [-0.2, 0) is 22.5 Å². The summed E-state index contributed by atoms with van der Waals surface area (Å²) in [6, 6.07) is 5.66. The first-order chi connectivity index (χ1) is 8.12. The molecular formula is C13H16N2O2. The molecule has 0 aliphatic carbocycles. The smallest absolute Gasteiger partial charge is 0.310 e. The van der Waals surface area contributed by atoms with Crippen LogP contribution in [0, 0.1) is 18.3 Å². The molecule has 90 valence electrons. The van der Waals surface area contributed by atoms with Crippen molar-refractivity contribution in [1.29, 1.82) is 5.26 Å². The van der Waals surface area contributed by atoms with E-state index in [0.29, 0.717) is 18.7 Å². The van der Waals surface area contributed by atoms with E-state index in [0.717, 1.165) is 16.7 Å². The predicted molar refractivity (Wildman–Crippen MR) is 64.1 cm³/mol. The van der Waals surface area contributed by atoms with Crippen molar-refractivity contribution in [2.75, 3.05) is 6.61 Å². The van der Waals surface area contributed by atoms with Gasteiger partial charge in [0.25, 0.3) is 0 Å². The summed E-state index contributed by atoms with van der Waals surface area (Å²) in [5.74, 6) is -0.278. The maximum atomic E-state index is 11.4. The molecular weight excluding hydrogens is 216 g/mol. The average Bonchev–Trinajstić information content (AvgIpc) is 2.31. The largest absolute Gasteiger partial charge is 0.466 e. The fraction of sp³-hybridized carbons (Fsp3) is 0.385. The van der Waals surface area contributed by atoms with Gasteiger partial charge in [-0.3, -0.25) is 4.79 Å². The van der Waals surface area contributed by atoms with E-state index in [1.54, 1.807) is 13.0 Å². The van der Waals surface area contributed by atoms with E-state index in [1.165, 1.54) is 0 Å².